The monoisotopic (exact) mass is 1390 g/mol. The van der Waals surface area contributed by atoms with Gasteiger partial charge in [0.25, 0.3) is 0 Å². The number of aldehydes is 4. The maximum Gasteiger partial charge on any atom is 0.183 e. The molecule has 0 spiro atoms. The third kappa shape index (κ3) is 14.4. The Hall–Kier alpha value is 1.27. The summed E-state index contributed by atoms with van der Waals surface area (Å²) in [7, 11) is 6.22. The molecule has 62 heavy (non-hydrogen) atoms. The Morgan fingerprint density at radius 1 is 0.452 bits per heavy atom. The number of rotatable bonds is 12. The molecule has 0 unspecified atom stereocenters. The molecule has 9 fully saturated rings. The van der Waals surface area contributed by atoms with Crippen LogP contribution in [0.4, 0.5) is 0 Å². The predicted molar refractivity (Wildman–Crippen MR) is 229 cm³/mol. The normalized spacial score (nSPS) is 30.3. The molecular formula is C50H80O8U2V2. The molecule has 2 radical (unpaired) electrons. The SMILES string of the molecule is C1=CC2C=CC1C2.C1C2C3C2C2C1C32.C1CCC(C2CCCC2)C1.CC(C=O)(C=O)C1CCCC1.COC(C)(OC)C(C)(C=O)C=O.COC(C)(OC)C1CCCC1.[U].[U].[V].[V]. The molecule has 4 bridgehead atoms. The van der Waals surface area contributed by atoms with Crippen molar-refractivity contribution in [3.05, 3.63) is 24.3 Å². The molecule has 11 aliphatic rings. The second-order valence-electron chi connectivity index (χ2n) is 20.2. The molecule has 9 saturated carbocycles. The van der Waals surface area contributed by atoms with Gasteiger partial charge in [-0.3, -0.25) is 0 Å². The standard InChI is InChI=1S/C10H18.C9H18O2.C9H14O2.C8H14O4.2C7H8.2U.2V/c1-2-6-9(5-1)10-7-3-4-8-10;1-9(10-2,11-3)8-6-4-5-7-8;1-9(6-10,7-11)8-4-2-3-5-8;1-7(5-9,6-10)8(2,11-3)12-4;1-2-4-5(2)7-3(1)6(4)7;1-2-7-4-3-6(1)5-7;;;;/h9-10H,1-8H2;8H,4-7H2,1-3H3;6-8H,2-5H2,1H3;5-6H,1-4H3;2-7H,1H2;1-4,6-7H,5H2;;;;. The number of ether oxygens (including phenoxy) is 4. The largest absolute Gasteiger partial charge is 0.353 e. The summed E-state index contributed by atoms with van der Waals surface area (Å²) < 4.78 is 20.6. The zero-order valence-electron chi connectivity index (χ0n) is 39.4. The molecule has 0 atom stereocenters. The molecule has 0 aromatic carbocycles. The zero-order valence-corrected chi connectivity index (χ0v) is 50.6. The Morgan fingerprint density at radius 2 is 0.774 bits per heavy atom. The second-order valence-corrected chi connectivity index (χ2v) is 20.2. The first-order chi connectivity index (χ1) is 27.8. The third-order valence-corrected chi connectivity index (χ3v) is 17.1. The van der Waals surface area contributed by atoms with E-state index in [-0.39, 0.29) is 105 Å². The van der Waals surface area contributed by atoms with Crippen molar-refractivity contribution in [1.29, 1.82) is 0 Å². The van der Waals surface area contributed by atoms with Gasteiger partial charge in [-0.2, -0.15) is 0 Å². The van der Waals surface area contributed by atoms with Gasteiger partial charge in [-0.1, -0.05) is 101 Å². The Labute approximate surface area is 447 Å². The molecule has 0 heterocycles. The summed E-state index contributed by atoms with van der Waals surface area (Å²) in [6.07, 6.45) is 36.8. The average Bonchev–Trinajstić information content (AvgIpc) is 4.07. The summed E-state index contributed by atoms with van der Waals surface area (Å²) in [6, 6.07) is 0. The van der Waals surface area contributed by atoms with Gasteiger partial charge in [-0.05, 0) is 131 Å². The summed E-state index contributed by atoms with van der Waals surface area (Å²) >= 11 is 0. The smallest absolute Gasteiger partial charge is 0.183 e. The molecule has 0 saturated heterocycles. The van der Waals surface area contributed by atoms with Crippen LogP contribution in [0.2, 0.25) is 0 Å². The van der Waals surface area contributed by atoms with Crippen molar-refractivity contribution in [3.8, 4) is 0 Å². The fourth-order valence-corrected chi connectivity index (χ4v) is 12.4. The molecule has 0 N–H and O–H groups in total. The number of allylic oxidation sites excluding steroid dienone is 4. The van der Waals surface area contributed by atoms with Crippen molar-refractivity contribution in [2.45, 2.75) is 155 Å². The van der Waals surface area contributed by atoms with Crippen molar-refractivity contribution >= 4 is 25.1 Å². The summed E-state index contributed by atoms with van der Waals surface area (Å²) in [5.74, 6) is 11.1. The number of fused-ring (bicyclic) bond motifs is 2. The van der Waals surface area contributed by atoms with Gasteiger partial charge in [0.2, 0.25) is 0 Å². The molecular weight excluding hydrogens is 1310 g/mol. The Bertz CT molecular complexity index is 1280. The molecule has 0 aromatic rings. The van der Waals surface area contributed by atoms with E-state index in [0.717, 1.165) is 49.1 Å². The summed E-state index contributed by atoms with van der Waals surface area (Å²) in [5.41, 5.74) is -1.97. The van der Waals surface area contributed by atoms with Crippen LogP contribution >= 0.6 is 0 Å². The van der Waals surface area contributed by atoms with Crippen LogP contribution < -0.4 is 0 Å². The summed E-state index contributed by atoms with van der Waals surface area (Å²) in [6.45, 7) is 6.77. The first-order valence-electron chi connectivity index (χ1n) is 23.3. The molecule has 0 aromatic heterocycles. The van der Waals surface area contributed by atoms with Crippen molar-refractivity contribution in [2.24, 2.45) is 81.8 Å². The first-order valence-corrected chi connectivity index (χ1v) is 23.3. The van der Waals surface area contributed by atoms with E-state index in [1.54, 1.807) is 53.2 Å². The van der Waals surface area contributed by atoms with Gasteiger partial charge in [0, 0.05) is 134 Å². The van der Waals surface area contributed by atoms with Gasteiger partial charge >= 0.3 is 0 Å². The maximum absolute atomic E-state index is 10.6. The van der Waals surface area contributed by atoms with E-state index in [1.807, 2.05) is 6.92 Å². The topological polar surface area (TPSA) is 105 Å². The number of carbonyl (C=O) groups is 4. The second kappa shape index (κ2) is 28.1. The van der Waals surface area contributed by atoms with Gasteiger partial charge in [-0.15, -0.1) is 0 Å². The van der Waals surface area contributed by atoms with E-state index in [1.165, 1.54) is 134 Å². The average molecular weight is 1390 g/mol. The minimum Gasteiger partial charge on any atom is -0.353 e. The van der Waals surface area contributed by atoms with Crippen molar-refractivity contribution in [3.63, 3.8) is 0 Å². The molecule has 11 aliphatic carbocycles. The number of hydrogen-bond acceptors (Lipinski definition) is 8. The van der Waals surface area contributed by atoms with Crippen molar-refractivity contribution in [1.82, 2.24) is 0 Å². The van der Waals surface area contributed by atoms with Gasteiger partial charge in [-0.25, -0.2) is 0 Å². The van der Waals surface area contributed by atoms with Gasteiger partial charge in [0.1, 0.15) is 30.6 Å². The van der Waals surface area contributed by atoms with Crippen LogP contribution in [-0.2, 0) is 75.2 Å². The van der Waals surface area contributed by atoms with E-state index in [0.29, 0.717) is 24.4 Å². The minimum absolute atomic E-state index is 0. The zero-order chi connectivity index (χ0) is 42.1. The van der Waals surface area contributed by atoms with Crippen molar-refractivity contribution < 1.29 is 137 Å². The number of methoxy groups -OCH3 is 4. The van der Waals surface area contributed by atoms with E-state index < -0.39 is 16.6 Å². The van der Waals surface area contributed by atoms with Crippen LogP contribution in [0.1, 0.15) is 143 Å². The Balaban J connectivity index is 0.000000369. The van der Waals surface area contributed by atoms with Crippen LogP contribution in [0.3, 0.4) is 0 Å². The molecule has 0 amide bonds. The molecule has 346 valence electrons. The molecule has 0 aliphatic heterocycles. The summed E-state index contributed by atoms with van der Waals surface area (Å²) in [5, 5.41) is 0. The molecule has 11 rings (SSSR count). The van der Waals surface area contributed by atoms with E-state index in [9.17, 15) is 19.2 Å². The third-order valence-electron chi connectivity index (χ3n) is 17.1. The molecule has 12 heteroatoms. The number of carbonyl (C=O) groups excluding carboxylic acids is 4. The van der Waals surface area contributed by atoms with Gasteiger partial charge < -0.3 is 38.1 Å². The fourth-order valence-electron chi connectivity index (χ4n) is 12.4. The van der Waals surface area contributed by atoms with Crippen LogP contribution in [0.15, 0.2) is 24.3 Å². The van der Waals surface area contributed by atoms with Crippen LogP contribution in [0.5, 0.6) is 0 Å². The van der Waals surface area contributed by atoms with Crippen molar-refractivity contribution in [2.75, 3.05) is 28.4 Å². The minimum atomic E-state index is -1.27. The predicted octanol–water partition coefficient (Wildman–Crippen LogP) is 10.4. The molecule has 8 nitrogen and oxygen atoms in total. The summed E-state index contributed by atoms with van der Waals surface area (Å²) in [4.78, 5) is 42.5. The fraction of sp³-hybridized carbons (Fsp3) is 0.840. The van der Waals surface area contributed by atoms with Gasteiger partial charge in [0.15, 0.2) is 11.6 Å². The van der Waals surface area contributed by atoms with E-state index in [4.69, 9.17) is 18.9 Å². The van der Waals surface area contributed by atoms with E-state index in [2.05, 4.69) is 24.3 Å². The quantitative estimate of drug-likeness (QED) is 0.0824. The van der Waals surface area contributed by atoms with Gasteiger partial charge in [0.05, 0.1) is 5.41 Å². The van der Waals surface area contributed by atoms with Crippen LogP contribution in [0.25, 0.3) is 0 Å². The van der Waals surface area contributed by atoms with Crippen LogP contribution in [-0.4, -0.2) is 65.2 Å². The number of hydrogen-bond donors (Lipinski definition) is 0. The maximum atomic E-state index is 10.6. The Morgan fingerprint density at radius 3 is 0.984 bits per heavy atom. The van der Waals surface area contributed by atoms with E-state index >= 15 is 0 Å². The first kappa shape index (κ1) is 61.3. The van der Waals surface area contributed by atoms with Crippen LogP contribution in [0, 0.1) is 144 Å². The Kier molecular flexibility index (Phi) is 27.7.